The number of aromatic nitrogens is 1. The van der Waals surface area contributed by atoms with E-state index < -0.39 is 10.0 Å². The summed E-state index contributed by atoms with van der Waals surface area (Å²) in [6.45, 7) is 1.80. The van der Waals surface area contributed by atoms with Gasteiger partial charge in [0.25, 0.3) is 5.91 Å². The van der Waals surface area contributed by atoms with Crippen LogP contribution in [-0.4, -0.2) is 38.3 Å². The number of hydrogen-bond donors (Lipinski definition) is 3. The largest absolute Gasteiger partial charge is 0.469 e. The fourth-order valence-electron chi connectivity index (χ4n) is 2.56. The van der Waals surface area contributed by atoms with Gasteiger partial charge >= 0.3 is 0 Å². The first-order chi connectivity index (χ1) is 14.7. The van der Waals surface area contributed by atoms with E-state index >= 15 is 0 Å². The van der Waals surface area contributed by atoms with Crippen molar-refractivity contribution in [1.82, 2.24) is 15.0 Å². The van der Waals surface area contributed by atoms with E-state index in [1.54, 1.807) is 30.5 Å². The van der Waals surface area contributed by atoms with E-state index in [0.29, 0.717) is 27.2 Å². The Kier molecular flexibility index (Phi) is 7.44. The van der Waals surface area contributed by atoms with Gasteiger partial charge in [0.1, 0.15) is 5.76 Å². The molecule has 2 amide bonds. The quantitative estimate of drug-likeness (QED) is 0.402. The minimum atomic E-state index is -3.71. The molecule has 2 aromatic heterocycles. The number of benzene rings is 1. The minimum absolute atomic E-state index is 0.00183. The SMILES string of the molecule is Cc1occc1C(=O)Nc1nc(CC(=O)NCCNS(=O)(=O)c2cccc(Cl)c2)cs1. The van der Waals surface area contributed by atoms with Crippen LogP contribution in [0.4, 0.5) is 5.13 Å². The maximum absolute atomic E-state index is 12.2. The fourth-order valence-corrected chi connectivity index (χ4v) is 4.60. The van der Waals surface area contributed by atoms with E-state index in [1.165, 1.54) is 29.7 Å². The number of amides is 2. The summed E-state index contributed by atoms with van der Waals surface area (Å²) in [5.74, 6) is -0.168. The van der Waals surface area contributed by atoms with Crippen LogP contribution >= 0.6 is 22.9 Å². The van der Waals surface area contributed by atoms with Gasteiger partial charge in [-0.25, -0.2) is 18.1 Å². The molecule has 164 valence electrons. The number of hydrogen-bond acceptors (Lipinski definition) is 7. The standard InChI is InChI=1S/C19H19ClN4O5S2/c1-12-16(5-8-29-12)18(26)24-19-23-14(11-30-19)10-17(25)21-6-7-22-31(27,28)15-4-2-3-13(20)9-15/h2-5,8-9,11,22H,6-7,10H2,1H3,(H,21,25)(H,23,24,26). The zero-order valence-corrected chi connectivity index (χ0v) is 18.7. The topological polar surface area (TPSA) is 130 Å². The molecule has 0 aliphatic rings. The Labute approximate surface area is 187 Å². The molecule has 0 unspecified atom stereocenters. The van der Waals surface area contributed by atoms with Crippen molar-refractivity contribution >= 4 is 49.9 Å². The van der Waals surface area contributed by atoms with Crippen LogP contribution in [0.5, 0.6) is 0 Å². The highest BCUT2D eigenvalue weighted by Gasteiger charge is 2.15. The number of thiazole rings is 1. The summed E-state index contributed by atoms with van der Waals surface area (Å²) in [7, 11) is -3.71. The number of furan rings is 1. The lowest BCUT2D eigenvalue weighted by atomic mass is 10.2. The molecule has 0 saturated heterocycles. The van der Waals surface area contributed by atoms with Crippen LogP contribution in [0.3, 0.4) is 0 Å². The molecule has 3 N–H and O–H groups in total. The van der Waals surface area contributed by atoms with Crippen molar-refractivity contribution in [3.8, 4) is 0 Å². The third kappa shape index (κ3) is 6.37. The van der Waals surface area contributed by atoms with E-state index in [2.05, 4.69) is 20.3 Å². The third-order valence-electron chi connectivity index (χ3n) is 4.06. The van der Waals surface area contributed by atoms with Crippen molar-refractivity contribution in [3.05, 3.63) is 64.0 Å². The van der Waals surface area contributed by atoms with E-state index in [4.69, 9.17) is 16.0 Å². The summed E-state index contributed by atoms with van der Waals surface area (Å²) in [4.78, 5) is 28.5. The predicted molar refractivity (Wildman–Crippen MR) is 117 cm³/mol. The van der Waals surface area contributed by atoms with Gasteiger partial charge in [-0.15, -0.1) is 11.3 Å². The van der Waals surface area contributed by atoms with Crippen LogP contribution in [0, 0.1) is 6.92 Å². The summed E-state index contributed by atoms with van der Waals surface area (Å²) >= 11 is 7.01. The highest BCUT2D eigenvalue weighted by atomic mass is 35.5. The second-order valence-corrected chi connectivity index (χ2v) is 9.43. The summed E-state index contributed by atoms with van der Waals surface area (Å²) in [5, 5.41) is 7.62. The summed E-state index contributed by atoms with van der Waals surface area (Å²) in [6.07, 6.45) is 1.43. The molecule has 12 heteroatoms. The van der Waals surface area contributed by atoms with Gasteiger partial charge in [-0.1, -0.05) is 17.7 Å². The van der Waals surface area contributed by atoms with Crippen LogP contribution in [-0.2, 0) is 21.2 Å². The Balaban J connectivity index is 1.43. The van der Waals surface area contributed by atoms with Gasteiger partial charge in [0.2, 0.25) is 15.9 Å². The lowest BCUT2D eigenvalue weighted by Gasteiger charge is -2.08. The zero-order valence-electron chi connectivity index (χ0n) is 16.3. The molecule has 0 atom stereocenters. The molecule has 0 radical (unpaired) electrons. The maximum atomic E-state index is 12.2. The van der Waals surface area contributed by atoms with E-state index in [9.17, 15) is 18.0 Å². The van der Waals surface area contributed by atoms with E-state index in [0.717, 1.165) is 0 Å². The number of sulfonamides is 1. The molecular weight excluding hydrogens is 464 g/mol. The number of carbonyl (C=O) groups is 2. The van der Waals surface area contributed by atoms with E-state index in [1.807, 2.05) is 0 Å². The Morgan fingerprint density at radius 1 is 1.23 bits per heavy atom. The highest BCUT2D eigenvalue weighted by Crippen LogP contribution is 2.18. The summed E-state index contributed by atoms with van der Waals surface area (Å²) in [5.41, 5.74) is 0.899. The molecule has 2 heterocycles. The second kappa shape index (κ2) is 10.1. The van der Waals surface area contributed by atoms with Gasteiger partial charge in [-0.3, -0.25) is 14.9 Å². The molecule has 31 heavy (non-hydrogen) atoms. The monoisotopic (exact) mass is 482 g/mol. The molecular formula is C19H19ClN4O5S2. The Bertz CT molecular complexity index is 1190. The van der Waals surface area contributed by atoms with Gasteiger partial charge in [0.15, 0.2) is 5.13 Å². The Morgan fingerprint density at radius 2 is 2.03 bits per heavy atom. The first-order valence-corrected chi connectivity index (χ1v) is 11.8. The van der Waals surface area contributed by atoms with Gasteiger partial charge in [-0.2, -0.15) is 0 Å². The van der Waals surface area contributed by atoms with Gasteiger partial charge in [0, 0.05) is 23.5 Å². The molecule has 3 rings (SSSR count). The Morgan fingerprint density at radius 3 is 2.74 bits per heavy atom. The number of carbonyl (C=O) groups excluding carboxylic acids is 2. The lowest BCUT2D eigenvalue weighted by Crippen LogP contribution is -2.35. The van der Waals surface area contributed by atoms with Crippen molar-refractivity contribution in [2.24, 2.45) is 0 Å². The smallest absolute Gasteiger partial charge is 0.260 e. The van der Waals surface area contributed by atoms with Gasteiger partial charge in [-0.05, 0) is 31.2 Å². The molecule has 0 saturated carbocycles. The first kappa shape index (κ1) is 22.9. The molecule has 0 aliphatic carbocycles. The van der Waals surface area contributed by atoms with Crippen molar-refractivity contribution in [1.29, 1.82) is 0 Å². The van der Waals surface area contributed by atoms with Crippen molar-refractivity contribution in [2.75, 3.05) is 18.4 Å². The van der Waals surface area contributed by atoms with E-state index in [-0.39, 0.29) is 36.2 Å². The number of nitrogens with one attached hydrogen (secondary N) is 3. The van der Waals surface area contributed by atoms with Crippen LogP contribution in [0.15, 0.2) is 51.3 Å². The molecule has 0 fully saturated rings. The molecule has 3 aromatic rings. The Hall–Kier alpha value is -2.73. The molecule has 0 aliphatic heterocycles. The maximum Gasteiger partial charge on any atom is 0.260 e. The lowest BCUT2D eigenvalue weighted by molar-refractivity contribution is -0.120. The number of aryl methyl sites for hydroxylation is 1. The van der Waals surface area contributed by atoms with Crippen molar-refractivity contribution in [2.45, 2.75) is 18.2 Å². The van der Waals surface area contributed by atoms with Crippen molar-refractivity contribution in [3.63, 3.8) is 0 Å². The second-order valence-electron chi connectivity index (χ2n) is 6.37. The summed E-state index contributed by atoms with van der Waals surface area (Å²) in [6, 6.07) is 7.45. The molecule has 0 bridgehead atoms. The van der Waals surface area contributed by atoms with Crippen LogP contribution in [0.2, 0.25) is 5.02 Å². The molecule has 0 spiro atoms. The van der Waals surface area contributed by atoms with Crippen LogP contribution < -0.4 is 15.4 Å². The van der Waals surface area contributed by atoms with Crippen LogP contribution in [0.25, 0.3) is 0 Å². The van der Waals surface area contributed by atoms with Gasteiger partial charge < -0.3 is 9.73 Å². The predicted octanol–water partition coefficient (Wildman–Crippen LogP) is 2.59. The average Bonchev–Trinajstić information content (AvgIpc) is 3.34. The highest BCUT2D eigenvalue weighted by molar-refractivity contribution is 7.89. The summed E-state index contributed by atoms with van der Waals surface area (Å²) < 4.78 is 31.9. The first-order valence-electron chi connectivity index (χ1n) is 9.06. The normalized spacial score (nSPS) is 11.3. The molecule has 1 aromatic carbocycles. The number of halogens is 1. The number of rotatable bonds is 9. The molecule has 9 nitrogen and oxygen atoms in total. The third-order valence-corrected chi connectivity index (χ3v) is 6.56. The number of nitrogens with zero attached hydrogens (tertiary/aromatic N) is 1. The number of anilines is 1. The van der Waals surface area contributed by atoms with Gasteiger partial charge in [0.05, 0.1) is 28.8 Å². The van der Waals surface area contributed by atoms with Crippen LogP contribution in [0.1, 0.15) is 21.8 Å². The fraction of sp³-hybridized carbons (Fsp3) is 0.211. The average molecular weight is 483 g/mol. The zero-order chi connectivity index (χ0) is 22.4. The minimum Gasteiger partial charge on any atom is -0.469 e. The van der Waals surface area contributed by atoms with Crippen molar-refractivity contribution < 1.29 is 22.4 Å².